The molecule has 13 heteroatoms. The number of carbonyl (C=O) groups is 1. The number of amides is 1. The lowest BCUT2D eigenvalue weighted by Gasteiger charge is -2.37. The summed E-state index contributed by atoms with van der Waals surface area (Å²) >= 11 is 12.7. The average molecular weight is 702 g/mol. The van der Waals surface area contributed by atoms with Crippen LogP contribution in [0.4, 0.5) is 21.9 Å². The molecule has 0 unspecified atom stereocenters. The van der Waals surface area contributed by atoms with Gasteiger partial charge in [-0.1, -0.05) is 47.5 Å². The molecule has 0 saturated carbocycles. The Morgan fingerprint density at radius 1 is 0.878 bits per heavy atom. The number of hydrogen-bond donors (Lipinski definition) is 1. The summed E-state index contributed by atoms with van der Waals surface area (Å²) in [5, 5.41) is 7.97. The second-order valence-electron chi connectivity index (χ2n) is 11.7. The van der Waals surface area contributed by atoms with Crippen LogP contribution in [0.2, 0.25) is 10.0 Å². The van der Waals surface area contributed by atoms with Crippen LogP contribution in [-0.4, -0.2) is 66.4 Å². The van der Waals surface area contributed by atoms with Gasteiger partial charge in [-0.3, -0.25) is 5.32 Å². The molecule has 1 N–H and O–H groups in total. The number of carbonyl (C=O) groups excluding carboxylic acids is 1. The second-order valence-corrected chi connectivity index (χ2v) is 12.5. The van der Waals surface area contributed by atoms with Crippen molar-refractivity contribution >= 4 is 46.4 Å². The summed E-state index contributed by atoms with van der Waals surface area (Å²) < 4.78 is 25.8. The Morgan fingerprint density at radius 2 is 1.57 bits per heavy atom. The molecule has 2 fully saturated rings. The van der Waals surface area contributed by atoms with Crippen LogP contribution in [0.3, 0.4) is 0 Å². The Hall–Kier alpha value is -4.81. The van der Waals surface area contributed by atoms with E-state index in [1.54, 1.807) is 35.3 Å². The lowest BCUT2D eigenvalue weighted by molar-refractivity contribution is -0.190. The highest BCUT2D eigenvalue weighted by Crippen LogP contribution is 2.40. The van der Waals surface area contributed by atoms with Crippen LogP contribution in [0.1, 0.15) is 5.56 Å². The molecule has 2 aliphatic rings. The number of para-hydroxylation sites is 1. The van der Waals surface area contributed by atoms with E-state index in [2.05, 4.69) is 37.3 Å². The fraction of sp³-hybridized carbons (Fsp3) is 0.250. The van der Waals surface area contributed by atoms with Crippen molar-refractivity contribution in [2.75, 3.05) is 54.5 Å². The number of nitrogens with zero attached hydrogens (tertiary/aromatic N) is 5. The molecule has 5 aromatic rings. The van der Waals surface area contributed by atoms with E-state index in [-0.39, 0.29) is 12.6 Å². The molecule has 1 aromatic heterocycles. The third-order valence-corrected chi connectivity index (χ3v) is 8.94. The first-order valence-corrected chi connectivity index (χ1v) is 16.6. The molecule has 2 saturated heterocycles. The minimum Gasteiger partial charge on any atom is -0.491 e. The van der Waals surface area contributed by atoms with Gasteiger partial charge in [0.05, 0.1) is 11.6 Å². The van der Waals surface area contributed by atoms with Crippen LogP contribution in [-0.2, 0) is 21.8 Å². The lowest BCUT2D eigenvalue weighted by atomic mass is 10.1. The molecular weight excluding hydrogens is 667 g/mol. The van der Waals surface area contributed by atoms with Gasteiger partial charge in [-0.15, -0.1) is 0 Å². The smallest absolute Gasteiger partial charge is 0.417 e. The number of anilines is 3. The van der Waals surface area contributed by atoms with Gasteiger partial charge in [0.2, 0.25) is 5.79 Å². The van der Waals surface area contributed by atoms with Crippen molar-refractivity contribution in [1.29, 1.82) is 0 Å². The number of benzene rings is 4. The summed E-state index contributed by atoms with van der Waals surface area (Å²) in [7, 11) is 0. The van der Waals surface area contributed by atoms with E-state index < -0.39 is 11.9 Å². The largest absolute Gasteiger partial charge is 0.491 e. The minimum absolute atomic E-state index is 0.265. The van der Waals surface area contributed by atoms with E-state index >= 15 is 0 Å². The van der Waals surface area contributed by atoms with Crippen LogP contribution in [0.25, 0.3) is 0 Å². The summed E-state index contributed by atoms with van der Waals surface area (Å²) in [5.74, 6) is 0.0742. The van der Waals surface area contributed by atoms with E-state index in [1.807, 2.05) is 60.7 Å². The highest BCUT2D eigenvalue weighted by molar-refractivity contribution is 6.35. The van der Waals surface area contributed by atoms with Gasteiger partial charge >= 0.3 is 6.09 Å². The Balaban J connectivity index is 0.893. The molecule has 0 aliphatic carbocycles. The van der Waals surface area contributed by atoms with Crippen molar-refractivity contribution in [2.45, 2.75) is 18.4 Å². The van der Waals surface area contributed by atoms with Crippen molar-refractivity contribution in [3.8, 4) is 11.5 Å². The molecule has 7 rings (SSSR count). The monoisotopic (exact) mass is 700 g/mol. The van der Waals surface area contributed by atoms with Gasteiger partial charge in [-0.2, -0.15) is 5.10 Å². The number of halogens is 2. The maximum atomic E-state index is 12.2. The third-order valence-electron chi connectivity index (χ3n) is 8.39. The molecule has 1 amide bonds. The van der Waals surface area contributed by atoms with E-state index in [4.69, 9.17) is 42.1 Å². The van der Waals surface area contributed by atoms with Crippen molar-refractivity contribution in [3.63, 3.8) is 0 Å². The predicted molar refractivity (Wildman–Crippen MR) is 188 cm³/mol. The SMILES string of the molecule is O=C(Nc1ccc(N2CCN(c3ccc(OC[C@H]4CO[C@](Cn5cncn5)(c5ccc(Cl)cc5Cl)O4)cc3)CC2)cc1)Oc1ccccc1. The first-order valence-electron chi connectivity index (χ1n) is 15.9. The van der Waals surface area contributed by atoms with Gasteiger partial charge in [0.25, 0.3) is 0 Å². The molecule has 2 aliphatic heterocycles. The third kappa shape index (κ3) is 7.92. The lowest BCUT2D eigenvalue weighted by Crippen LogP contribution is -2.46. The van der Waals surface area contributed by atoms with Crippen molar-refractivity contribution in [2.24, 2.45) is 0 Å². The Kier molecular flexibility index (Phi) is 9.85. The van der Waals surface area contributed by atoms with E-state index in [9.17, 15) is 4.79 Å². The van der Waals surface area contributed by atoms with Crippen molar-refractivity contribution < 1.29 is 23.7 Å². The van der Waals surface area contributed by atoms with Crippen LogP contribution in [0.15, 0.2) is 110 Å². The zero-order valence-electron chi connectivity index (χ0n) is 26.5. The van der Waals surface area contributed by atoms with E-state index in [0.29, 0.717) is 40.3 Å². The Bertz CT molecular complexity index is 1840. The standard InChI is InChI=1S/C36H34Cl2N6O5/c37-26-6-15-33(34(38)20-26)36(23-44-25-39-24-40-44)47-22-32(49-36)21-46-30-13-11-29(12-14-30)43-18-16-42(17-19-43)28-9-7-27(8-10-28)41-35(45)48-31-4-2-1-3-5-31/h1-15,20,24-25,32H,16-19,21-23H2,(H,41,45)/t32-,36-/m0/s1. The van der Waals surface area contributed by atoms with Gasteiger partial charge in [0.1, 0.15) is 43.4 Å². The number of hydrogen-bond acceptors (Lipinski definition) is 9. The minimum atomic E-state index is -1.16. The Labute approximate surface area is 293 Å². The molecule has 11 nitrogen and oxygen atoms in total. The quantitative estimate of drug-likeness (QED) is 0.167. The molecule has 2 atom stereocenters. The van der Waals surface area contributed by atoms with Crippen LogP contribution < -0.4 is 24.6 Å². The number of ether oxygens (including phenoxy) is 4. The van der Waals surface area contributed by atoms with Crippen LogP contribution >= 0.6 is 23.2 Å². The van der Waals surface area contributed by atoms with E-state index in [0.717, 1.165) is 43.3 Å². The maximum Gasteiger partial charge on any atom is 0.417 e. The Morgan fingerprint density at radius 3 is 2.22 bits per heavy atom. The molecule has 0 spiro atoms. The average Bonchev–Trinajstić information content (AvgIpc) is 3.79. The van der Waals surface area contributed by atoms with Gasteiger partial charge in [0, 0.05) is 53.8 Å². The fourth-order valence-corrected chi connectivity index (χ4v) is 6.49. The zero-order valence-corrected chi connectivity index (χ0v) is 28.0. The highest BCUT2D eigenvalue weighted by Gasteiger charge is 2.45. The predicted octanol–water partition coefficient (Wildman–Crippen LogP) is 6.87. The van der Waals surface area contributed by atoms with Gasteiger partial charge < -0.3 is 28.7 Å². The van der Waals surface area contributed by atoms with Gasteiger partial charge in [-0.05, 0) is 72.8 Å². The second kappa shape index (κ2) is 14.8. The summed E-state index contributed by atoms with van der Waals surface area (Å²) in [4.78, 5) is 21.0. The fourth-order valence-electron chi connectivity index (χ4n) is 5.94. The molecule has 4 aromatic carbocycles. The van der Waals surface area contributed by atoms with Crippen LogP contribution in [0, 0.1) is 0 Å². The molecule has 3 heterocycles. The first kappa shape index (κ1) is 32.7. The summed E-state index contributed by atoms with van der Waals surface area (Å²) in [6, 6.07) is 30.1. The topological polar surface area (TPSA) is 103 Å². The van der Waals surface area contributed by atoms with E-state index in [1.165, 1.54) is 6.33 Å². The van der Waals surface area contributed by atoms with Gasteiger partial charge in [-0.25, -0.2) is 14.5 Å². The molecular formula is C36H34Cl2N6O5. The molecule has 252 valence electrons. The number of rotatable bonds is 10. The molecule has 0 radical (unpaired) electrons. The number of piperazine rings is 1. The normalized spacial score (nSPS) is 19.1. The summed E-state index contributed by atoms with van der Waals surface area (Å²) in [5.41, 5.74) is 3.58. The number of nitrogens with one attached hydrogen (secondary N) is 1. The molecule has 0 bridgehead atoms. The summed E-state index contributed by atoms with van der Waals surface area (Å²) in [6.07, 6.45) is 2.21. The maximum absolute atomic E-state index is 12.2. The number of aromatic nitrogens is 3. The first-order chi connectivity index (χ1) is 23.9. The van der Waals surface area contributed by atoms with Crippen molar-refractivity contribution in [1.82, 2.24) is 14.8 Å². The summed E-state index contributed by atoms with van der Waals surface area (Å²) in [6.45, 7) is 4.36. The van der Waals surface area contributed by atoms with Crippen molar-refractivity contribution in [3.05, 3.63) is 125 Å². The highest BCUT2D eigenvalue weighted by atomic mass is 35.5. The van der Waals surface area contributed by atoms with Crippen LogP contribution in [0.5, 0.6) is 11.5 Å². The molecule has 49 heavy (non-hydrogen) atoms. The van der Waals surface area contributed by atoms with Gasteiger partial charge in [0.15, 0.2) is 0 Å². The zero-order chi connectivity index (χ0) is 33.6.